The van der Waals surface area contributed by atoms with Gasteiger partial charge >= 0.3 is 0 Å². The quantitative estimate of drug-likeness (QED) is 0.874. The summed E-state index contributed by atoms with van der Waals surface area (Å²) in [5.74, 6) is -0.0527. The molecule has 5 nitrogen and oxygen atoms in total. The van der Waals surface area contributed by atoms with Crippen molar-refractivity contribution in [2.45, 2.75) is 32.5 Å². The number of halogens is 1. The summed E-state index contributed by atoms with van der Waals surface area (Å²) in [5.41, 5.74) is 1.97. The summed E-state index contributed by atoms with van der Waals surface area (Å²) in [5, 5.41) is 7.72. The fourth-order valence-electron chi connectivity index (χ4n) is 2.70. The average molecular weight is 366 g/mol. The molecule has 3 rings (SSSR count). The minimum Gasteiger partial charge on any atom is -0.375 e. The third kappa shape index (κ3) is 3.95. The van der Waals surface area contributed by atoms with Gasteiger partial charge in [-0.15, -0.1) is 11.3 Å². The second kappa shape index (κ2) is 7.61. The van der Waals surface area contributed by atoms with Gasteiger partial charge in [-0.25, -0.2) is 4.98 Å². The van der Waals surface area contributed by atoms with Crippen molar-refractivity contribution >= 4 is 28.8 Å². The Morgan fingerprint density at radius 1 is 1.46 bits per heavy atom. The number of ether oxygens (including phenoxy) is 1. The van der Waals surface area contributed by atoms with Crippen molar-refractivity contribution in [1.82, 2.24) is 15.6 Å². The van der Waals surface area contributed by atoms with Gasteiger partial charge in [0.2, 0.25) is 5.91 Å². The Balaban J connectivity index is 1.65. The highest BCUT2D eigenvalue weighted by Gasteiger charge is 2.28. The van der Waals surface area contributed by atoms with E-state index >= 15 is 0 Å². The molecule has 2 heterocycles. The number of aryl methyl sites for hydroxylation is 1. The van der Waals surface area contributed by atoms with E-state index in [4.69, 9.17) is 16.3 Å². The van der Waals surface area contributed by atoms with E-state index < -0.39 is 0 Å². The molecule has 0 radical (unpaired) electrons. The lowest BCUT2D eigenvalue weighted by Gasteiger charge is -2.29. The molecule has 1 saturated heterocycles. The summed E-state index contributed by atoms with van der Waals surface area (Å²) in [6.07, 6.45) is -0.124. The zero-order chi connectivity index (χ0) is 17.1. The molecule has 24 heavy (non-hydrogen) atoms. The lowest BCUT2D eigenvalue weighted by molar-refractivity contribution is -0.129. The van der Waals surface area contributed by atoms with Gasteiger partial charge in [0.1, 0.15) is 11.0 Å². The van der Waals surface area contributed by atoms with Gasteiger partial charge in [-0.3, -0.25) is 4.79 Å². The van der Waals surface area contributed by atoms with Crippen LogP contribution in [-0.2, 0) is 16.1 Å². The number of thiazole rings is 1. The Bertz CT molecular complexity index is 717. The van der Waals surface area contributed by atoms with Crippen molar-refractivity contribution in [3.05, 3.63) is 39.2 Å². The molecule has 0 saturated carbocycles. The third-order valence-electron chi connectivity index (χ3n) is 3.97. The van der Waals surface area contributed by atoms with Gasteiger partial charge in [-0.1, -0.05) is 23.7 Å². The van der Waals surface area contributed by atoms with Gasteiger partial charge < -0.3 is 15.4 Å². The zero-order valence-corrected chi connectivity index (χ0v) is 15.2. The molecule has 1 fully saturated rings. The first-order valence-corrected chi connectivity index (χ1v) is 9.09. The van der Waals surface area contributed by atoms with E-state index in [9.17, 15) is 4.79 Å². The lowest BCUT2D eigenvalue weighted by Crippen LogP contribution is -2.55. The van der Waals surface area contributed by atoms with Crippen LogP contribution >= 0.6 is 22.9 Å². The van der Waals surface area contributed by atoms with E-state index in [1.165, 1.54) is 0 Å². The maximum Gasteiger partial charge on any atom is 0.240 e. The number of hydrogen-bond donors (Lipinski definition) is 2. The van der Waals surface area contributed by atoms with Gasteiger partial charge in [-0.05, 0) is 26.0 Å². The minimum atomic E-state index is -0.310. The highest BCUT2D eigenvalue weighted by Crippen LogP contribution is 2.28. The first-order chi connectivity index (χ1) is 11.5. The second-order valence-corrected chi connectivity index (χ2v) is 7.47. The third-order valence-corrected chi connectivity index (χ3v) is 5.19. The first-order valence-electron chi connectivity index (χ1n) is 7.89. The largest absolute Gasteiger partial charge is 0.375 e. The van der Waals surface area contributed by atoms with Crippen molar-refractivity contribution in [3.8, 4) is 11.3 Å². The lowest BCUT2D eigenvalue weighted by atomic mass is 10.1. The van der Waals surface area contributed by atoms with Gasteiger partial charge in [0, 0.05) is 22.0 Å². The van der Waals surface area contributed by atoms with Crippen molar-refractivity contribution < 1.29 is 9.53 Å². The molecule has 7 heteroatoms. The molecule has 0 aliphatic carbocycles. The fourth-order valence-corrected chi connectivity index (χ4v) is 3.72. The Hall–Kier alpha value is -1.47. The van der Waals surface area contributed by atoms with Gasteiger partial charge in [-0.2, -0.15) is 0 Å². The molecular weight excluding hydrogens is 346 g/mol. The number of nitrogens with one attached hydrogen (secondary N) is 2. The van der Waals surface area contributed by atoms with E-state index in [1.807, 2.05) is 38.1 Å². The van der Waals surface area contributed by atoms with E-state index in [2.05, 4.69) is 15.6 Å². The molecule has 0 spiro atoms. The van der Waals surface area contributed by atoms with Crippen LogP contribution in [0, 0.1) is 6.92 Å². The normalized spacial score (nSPS) is 20.8. The maximum atomic E-state index is 12.3. The number of rotatable bonds is 4. The molecule has 2 atom stereocenters. The van der Waals surface area contributed by atoms with Crippen molar-refractivity contribution in [3.63, 3.8) is 0 Å². The van der Waals surface area contributed by atoms with Gasteiger partial charge in [0.05, 0.1) is 24.9 Å². The predicted octanol–water partition coefficient (Wildman–Crippen LogP) is 2.77. The Kier molecular flexibility index (Phi) is 5.50. The minimum absolute atomic E-state index is 0.0527. The van der Waals surface area contributed by atoms with Crippen LogP contribution in [0.15, 0.2) is 24.3 Å². The fraction of sp³-hybridized carbons (Fsp3) is 0.412. The molecule has 1 aromatic heterocycles. The van der Waals surface area contributed by atoms with Crippen molar-refractivity contribution in [1.29, 1.82) is 0 Å². The molecule has 1 aliphatic heterocycles. The first kappa shape index (κ1) is 17.4. The zero-order valence-electron chi connectivity index (χ0n) is 13.6. The molecule has 1 aliphatic rings. The number of carbonyl (C=O) groups is 1. The summed E-state index contributed by atoms with van der Waals surface area (Å²) in [6, 6.07) is 7.31. The SMILES string of the molecule is Cc1sc(CNC(=O)[C@H]2NCCO[C@@H]2C)nc1-c1ccc(Cl)cc1. The van der Waals surface area contributed by atoms with E-state index in [-0.39, 0.29) is 18.1 Å². The van der Waals surface area contributed by atoms with Crippen molar-refractivity contribution in [2.24, 2.45) is 0 Å². The highest BCUT2D eigenvalue weighted by atomic mass is 35.5. The van der Waals surface area contributed by atoms with Crippen molar-refractivity contribution in [2.75, 3.05) is 13.2 Å². The van der Waals surface area contributed by atoms with Crippen LogP contribution in [0.25, 0.3) is 11.3 Å². The number of amides is 1. The maximum absolute atomic E-state index is 12.3. The number of hydrogen-bond acceptors (Lipinski definition) is 5. The molecule has 128 valence electrons. The summed E-state index contributed by atoms with van der Waals surface area (Å²) in [7, 11) is 0. The molecule has 1 amide bonds. The summed E-state index contributed by atoms with van der Waals surface area (Å²) in [6.45, 7) is 5.69. The molecule has 1 aromatic carbocycles. The summed E-state index contributed by atoms with van der Waals surface area (Å²) < 4.78 is 5.51. The summed E-state index contributed by atoms with van der Waals surface area (Å²) >= 11 is 7.53. The smallest absolute Gasteiger partial charge is 0.240 e. The predicted molar refractivity (Wildman–Crippen MR) is 96.3 cm³/mol. The number of nitrogens with zero attached hydrogens (tertiary/aromatic N) is 1. The van der Waals surface area contributed by atoms with Crippen LogP contribution in [0.2, 0.25) is 5.02 Å². The standard InChI is InChI=1S/C17H20ClN3O2S/c1-10-15(19-7-8-23-10)17(22)20-9-14-21-16(11(2)24-14)12-3-5-13(18)6-4-12/h3-6,10,15,19H,7-9H2,1-2H3,(H,20,22)/t10-,15+/m1/s1. The molecule has 2 aromatic rings. The monoisotopic (exact) mass is 365 g/mol. The van der Waals surface area contributed by atoms with Gasteiger partial charge in [0.25, 0.3) is 0 Å². The molecule has 0 unspecified atom stereocenters. The molecule has 0 bridgehead atoms. The molecular formula is C17H20ClN3O2S. The number of aromatic nitrogens is 1. The van der Waals surface area contributed by atoms with E-state index in [1.54, 1.807) is 11.3 Å². The van der Waals surface area contributed by atoms with Crippen LogP contribution in [0.1, 0.15) is 16.8 Å². The van der Waals surface area contributed by atoms with E-state index in [0.29, 0.717) is 24.7 Å². The Labute approximate surface area is 150 Å². The Morgan fingerprint density at radius 3 is 2.92 bits per heavy atom. The number of benzene rings is 1. The number of morpholine rings is 1. The molecule has 2 N–H and O–H groups in total. The summed E-state index contributed by atoms with van der Waals surface area (Å²) in [4.78, 5) is 18.1. The topological polar surface area (TPSA) is 63.2 Å². The second-order valence-electron chi connectivity index (χ2n) is 5.74. The van der Waals surface area contributed by atoms with Crippen LogP contribution in [0.5, 0.6) is 0 Å². The van der Waals surface area contributed by atoms with E-state index in [0.717, 1.165) is 21.1 Å². The highest BCUT2D eigenvalue weighted by molar-refractivity contribution is 7.12. The Morgan fingerprint density at radius 2 is 2.21 bits per heavy atom. The van der Waals surface area contributed by atoms with Crippen LogP contribution in [-0.4, -0.2) is 36.2 Å². The van der Waals surface area contributed by atoms with Gasteiger partial charge in [0.15, 0.2) is 0 Å². The number of carbonyl (C=O) groups excluding carboxylic acids is 1. The van der Waals surface area contributed by atoms with Crippen LogP contribution < -0.4 is 10.6 Å². The van der Waals surface area contributed by atoms with Crippen LogP contribution in [0.3, 0.4) is 0 Å². The van der Waals surface area contributed by atoms with Crippen LogP contribution in [0.4, 0.5) is 0 Å². The average Bonchev–Trinajstić information content (AvgIpc) is 2.95.